The van der Waals surface area contributed by atoms with E-state index in [1.165, 1.54) is 4.90 Å². The van der Waals surface area contributed by atoms with E-state index in [0.717, 1.165) is 5.33 Å². The van der Waals surface area contributed by atoms with Crippen molar-refractivity contribution >= 4 is 33.7 Å². The molecule has 1 fully saturated rings. The summed E-state index contributed by atoms with van der Waals surface area (Å²) in [6, 6.07) is 0. The summed E-state index contributed by atoms with van der Waals surface area (Å²) in [6.07, 6.45) is 0.442. The highest BCUT2D eigenvalue weighted by molar-refractivity contribution is 9.09. The summed E-state index contributed by atoms with van der Waals surface area (Å²) in [7, 11) is 0. The maximum absolute atomic E-state index is 11.4. The van der Waals surface area contributed by atoms with Crippen molar-refractivity contribution in [1.29, 1.82) is 0 Å². The fourth-order valence-electron chi connectivity index (χ4n) is 1.51. The van der Waals surface area contributed by atoms with Crippen molar-refractivity contribution in [3.8, 4) is 0 Å². The lowest BCUT2D eigenvalue weighted by Crippen LogP contribution is -2.40. The van der Waals surface area contributed by atoms with Crippen LogP contribution in [0.4, 0.5) is 0 Å². The fraction of sp³-hybridized carbons (Fsp3) is 0.667. The highest BCUT2D eigenvalue weighted by Crippen LogP contribution is 2.18. The Kier molecular flexibility index (Phi) is 4.72. The number of carboxylic acids is 1. The van der Waals surface area contributed by atoms with Crippen molar-refractivity contribution < 1.29 is 19.5 Å². The number of likely N-dealkylation sites (tertiary alicyclic amines) is 1. The molecule has 7 heteroatoms. The van der Waals surface area contributed by atoms with E-state index < -0.39 is 18.4 Å². The number of carbonyl (C=O) groups is 3. The first-order valence-corrected chi connectivity index (χ1v) is 5.97. The van der Waals surface area contributed by atoms with Gasteiger partial charge in [0.1, 0.15) is 6.54 Å². The zero-order chi connectivity index (χ0) is 12.1. The van der Waals surface area contributed by atoms with Gasteiger partial charge in [-0.1, -0.05) is 15.9 Å². The Hall–Kier alpha value is -1.11. The van der Waals surface area contributed by atoms with Gasteiger partial charge in [0.15, 0.2) is 0 Å². The van der Waals surface area contributed by atoms with Crippen molar-refractivity contribution in [1.82, 2.24) is 10.2 Å². The number of alkyl halides is 1. The Labute approximate surface area is 101 Å². The van der Waals surface area contributed by atoms with Gasteiger partial charge in [0.25, 0.3) is 0 Å². The Balaban J connectivity index is 2.34. The molecule has 0 aliphatic carbocycles. The van der Waals surface area contributed by atoms with Crippen LogP contribution in [0.1, 0.15) is 6.42 Å². The summed E-state index contributed by atoms with van der Waals surface area (Å²) in [5.41, 5.74) is 0. The van der Waals surface area contributed by atoms with Crippen LogP contribution in [0, 0.1) is 5.92 Å². The van der Waals surface area contributed by atoms with Gasteiger partial charge in [-0.15, -0.1) is 0 Å². The molecule has 2 N–H and O–H groups in total. The first-order chi connectivity index (χ1) is 7.52. The molecule has 1 saturated heterocycles. The standard InChI is InChI=1S/C9H13BrN2O4/c10-2-6-1-8(14)12(4-6)5-7(13)11-3-9(15)16/h6H,1-5H2,(H,11,13)(H,15,16). The second-order valence-electron chi connectivity index (χ2n) is 3.67. The third kappa shape index (κ3) is 3.80. The molecule has 0 aromatic heterocycles. The maximum Gasteiger partial charge on any atom is 0.322 e. The second-order valence-corrected chi connectivity index (χ2v) is 4.32. The molecule has 1 unspecified atom stereocenters. The highest BCUT2D eigenvalue weighted by Gasteiger charge is 2.29. The quantitative estimate of drug-likeness (QED) is 0.665. The van der Waals surface area contributed by atoms with Gasteiger partial charge in [0.05, 0.1) is 6.54 Å². The van der Waals surface area contributed by atoms with Gasteiger partial charge in [-0.05, 0) is 5.92 Å². The summed E-state index contributed by atoms with van der Waals surface area (Å²) in [6.45, 7) is 0.0723. The zero-order valence-electron chi connectivity index (χ0n) is 8.61. The molecule has 0 spiro atoms. The molecule has 0 radical (unpaired) electrons. The van der Waals surface area contributed by atoms with Crippen LogP contribution in [0.5, 0.6) is 0 Å². The monoisotopic (exact) mass is 292 g/mol. The number of hydrogen-bond acceptors (Lipinski definition) is 3. The molecular formula is C9H13BrN2O4. The highest BCUT2D eigenvalue weighted by atomic mass is 79.9. The summed E-state index contributed by atoms with van der Waals surface area (Å²) in [5.74, 6) is -1.36. The average Bonchev–Trinajstić information content (AvgIpc) is 2.57. The van der Waals surface area contributed by atoms with Gasteiger partial charge in [-0.25, -0.2) is 0 Å². The maximum atomic E-state index is 11.4. The van der Waals surface area contributed by atoms with Crippen molar-refractivity contribution in [3.05, 3.63) is 0 Å². The van der Waals surface area contributed by atoms with Gasteiger partial charge >= 0.3 is 5.97 Å². The summed E-state index contributed by atoms with van der Waals surface area (Å²) < 4.78 is 0. The number of halogens is 1. The van der Waals surface area contributed by atoms with Crippen molar-refractivity contribution in [3.63, 3.8) is 0 Å². The van der Waals surface area contributed by atoms with Crippen molar-refractivity contribution in [2.24, 2.45) is 5.92 Å². The van der Waals surface area contributed by atoms with E-state index in [0.29, 0.717) is 13.0 Å². The van der Waals surface area contributed by atoms with E-state index in [2.05, 4.69) is 21.2 Å². The zero-order valence-corrected chi connectivity index (χ0v) is 10.2. The molecule has 1 atom stereocenters. The first-order valence-electron chi connectivity index (χ1n) is 4.85. The van der Waals surface area contributed by atoms with E-state index in [1.54, 1.807) is 0 Å². The Morgan fingerprint density at radius 1 is 1.56 bits per heavy atom. The predicted molar refractivity (Wildman–Crippen MR) is 59.1 cm³/mol. The van der Waals surface area contributed by atoms with Gasteiger partial charge < -0.3 is 15.3 Å². The first kappa shape index (κ1) is 13.0. The van der Waals surface area contributed by atoms with Crippen LogP contribution in [-0.2, 0) is 14.4 Å². The summed E-state index contributed by atoms with van der Waals surface area (Å²) >= 11 is 3.29. The Bertz CT molecular complexity index is 308. The minimum absolute atomic E-state index is 0.0599. The van der Waals surface area contributed by atoms with E-state index in [4.69, 9.17) is 5.11 Å². The molecule has 90 valence electrons. The van der Waals surface area contributed by atoms with Crippen LogP contribution in [0.3, 0.4) is 0 Å². The number of carboxylic acid groups (broad SMARTS) is 1. The van der Waals surface area contributed by atoms with Crippen LogP contribution >= 0.6 is 15.9 Å². The Morgan fingerprint density at radius 3 is 2.75 bits per heavy atom. The molecule has 0 aromatic rings. The molecule has 1 aliphatic heterocycles. The minimum Gasteiger partial charge on any atom is -0.480 e. The van der Waals surface area contributed by atoms with E-state index in [1.807, 2.05) is 0 Å². The SMILES string of the molecule is O=C(O)CNC(=O)CN1CC(CBr)CC1=O. The molecule has 1 rings (SSSR count). The lowest BCUT2D eigenvalue weighted by molar-refractivity contribution is -0.138. The van der Waals surface area contributed by atoms with Gasteiger partial charge in [-0.2, -0.15) is 0 Å². The van der Waals surface area contributed by atoms with Crippen LogP contribution < -0.4 is 5.32 Å². The smallest absolute Gasteiger partial charge is 0.322 e. The van der Waals surface area contributed by atoms with E-state index in [-0.39, 0.29) is 18.4 Å². The van der Waals surface area contributed by atoms with E-state index in [9.17, 15) is 14.4 Å². The number of nitrogens with one attached hydrogen (secondary N) is 1. The van der Waals surface area contributed by atoms with E-state index >= 15 is 0 Å². The molecular weight excluding hydrogens is 280 g/mol. The predicted octanol–water partition coefficient (Wildman–Crippen LogP) is -0.569. The van der Waals surface area contributed by atoms with Crippen LogP contribution in [0.25, 0.3) is 0 Å². The molecule has 0 aromatic carbocycles. The average molecular weight is 293 g/mol. The Morgan fingerprint density at radius 2 is 2.25 bits per heavy atom. The van der Waals surface area contributed by atoms with Gasteiger partial charge in [0, 0.05) is 18.3 Å². The lowest BCUT2D eigenvalue weighted by Gasteiger charge is -2.15. The van der Waals surface area contributed by atoms with Gasteiger partial charge in [-0.3, -0.25) is 14.4 Å². The van der Waals surface area contributed by atoms with Crippen molar-refractivity contribution in [2.45, 2.75) is 6.42 Å². The fourth-order valence-corrected chi connectivity index (χ4v) is 1.95. The van der Waals surface area contributed by atoms with Crippen molar-refractivity contribution in [2.75, 3.05) is 25.0 Å². The third-order valence-electron chi connectivity index (χ3n) is 2.28. The molecule has 1 heterocycles. The summed E-state index contributed by atoms with van der Waals surface area (Å²) in [5, 5.41) is 11.3. The molecule has 0 saturated carbocycles. The summed E-state index contributed by atoms with van der Waals surface area (Å²) in [4.78, 5) is 34.3. The third-order valence-corrected chi connectivity index (χ3v) is 3.20. The minimum atomic E-state index is -1.10. The number of rotatable bonds is 5. The largest absolute Gasteiger partial charge is 0.480 e. The number of aliphatic carboxylic acids is 1. The van der Waals surface area contributed by atoms with Gasteiger partial charge in [0.2, 0.25) is 11.8 Å². The van der Waals surface area contributed by atoms with Crippen LogP contribution in [0.15, 0.2) is 0 Å². The molecule has 0 bridgehead atoms. The number of carbonyl (C=O) groups excluding carboxylic acids is 2. The normalized spacial score (nSPS) is 19.9. The lowest BCUT2D eigenvalue weighted by atomic mass is 10.2. The molecule has 2 amide bonds. The number of hydrogen-bond donors (Lipinski definition) is 2. The number of nitrogens with zero attached hydrogens (tertiary/aromatic N) is 1. The number of amides is 2. The molecule has 16 heavy (non-hydrogen) atoms. The topological polar surface area (TPSA) is 86.7 Å². The molecule has 6 nitrogen and oxygen atoms in total. The van der Waals surface area contributed by atoms with Crippen LogP contribution in [-0.4, -0.2) is 52.8 Å². The molecule has 1 aliphatic rings. The second kappa shape index (κ2) is 5.83. The van der Waals surface area contributed by atoms with Crippen LogP contribution in [0.2, 0.25) is 0 Å².